The lowest BCUT2D eigenvalue weighted by atomic mass is 10.2. The largest absolute Gasteiger partial charge is 0.456 e. The molecule has 3 nitrogen and oxygen atoms in total. The van der Waals surface area contributed by atoms with Gasteiger partial charge in [-0.15, -0.1) is 0 Å². The van der Waals surface area contributed by atoms with Crippen molar-refractivity contribution in [3.8, 4) is 11.5 Å². The molecule has 2 aromatic carbocycles. The first kappa shape index (κ1) is 15.1. The Balaban J connectivity index is 1.99. The molecule has 0 fully saturated rings. The second kappa shape index (κ2) is 7.50. The minimum atomic E-state index is 0.135. The van der Waals surface area contributed by atoms with Gasteiger partial charge in [-0.2, -0.15) is 0 Å². The van der Waals surface area contributed by atoms with Crippen molar-refractivity contribution in [3.63, 3.8) is 0 Å². The fraction of sp³-hybridized carbons (Fsp3) is 0.200. The van der Waals surface area contributed by atoms with Gasteiger partial charge in [0.05, 0.1) is 11.6 Å². The summed E-state index contributed by atoms with van der Waals surface area (Å²) in [6.07, 6.45) is 0. The molecule has 5 heteroatoms. The number of aliphatic hydroxyl groups excluding tert-OH is 1. The Hall–Kier alpha value is -1.26. The molecule has 0 aliphatic rings. The number of ether oxygens (including phenoxy) is 1. The molecule has 0 unspecified atom stereocenters. The fourth-order valence-corrected chi connectivity index (χ4v) is 2.12. The lowest BCUT2D eigenvalue weighted by molar-refractivity contribution is 0.292. The maximum Gasteiger partial charge on any atom is 0.146 e. The molecule has 0 radical (unpaired) electrons. The van der Waals surface area contributed by atoms with Crippen molar-refractivity contribution in [1.82, 2.24) is 5.32 Å². The standard InChI is InChI=1S/C15H15Cl2NO2/c16-12-3-6-15(14(17)9-12)20-13-4-1-11(2-5-13)10-18-7-8-19/h1-6,9,18-19H,7-8,10H2. The van der Waals surface area contributed by atoms with Crippen LogP contribution in [0, 0.1) is 0 Å². The van der Waals surface area contributed by atoms with Crippen LogP contribution in [0.25, 0.3) is 0 Å². The van der Waals surface area contributed by atoms with E-state index in [1.807, 2.05) is 24.3 Å². The lowest BCUT2D eigenvalue weighted by Crippen LogP contribution is -2.17. The number of aliphatic hydroxyl groups is 1. The van der Waals surface area contributed by atoms with E-state index in [0.29, 0.717) is 34.6 Å². The van der Waals surface area contributed by atoms with Gasteiger partial charge in [-0.3, -0.25) is 0 Å². The summed E-state index contributed by atoms with van der Waals surface area (Å²) >= 11 is 11.9. The minimum absolute atomic E-state index is 0.135. The quantitative estimate of drug-likeness (QED) is 0.796. The third kappa shape index (κ3) is 4.39. The maximum atomic E-state index is 8.69. The van der Waals surface area contributed by atoms with Crippen molar-refractivity contribution in [2.24, 2.45) is 0 Å². The van der Waals surface area contributed by atoms with Crippen molar-refractivity contribution >= 4 is 23.2 Å². The van der Waals surface area contributed by atoms with Crippen molar-refractivity contribution in [2.45, 2.75) is 6.54 Å². The summed E-state index contributed by atoms with van der Waals surface area (Å²) in [4.78, 5) is 0. The summed E-state index contributed by atoms with van der Waals surface area (Å²) in [7, 11) is 0. The van der Waals surface area contributed by atoms with E-state index in [1.165, 1.54) is 0 Å². The molecule has 0 aliphatic heterocycles. The van der Waals surface area contributed by atoms with Crippen LogP contribution >= 0.6 is 23.2 Å². The van der Waals surface area contributed by atoms with Crippen LogP contribution < -0.4 is 10.1 Å². The smallest absolute Gasteiger partial charge is 0.146 e. The van der Waals surface area contributed by atoms with Gasteiger partial charge in [-0.05, 0) is 35.9 Å². The molecule has 2 N–H and O–H groups in total. The number of rotatable bonds is 6. The summed E-state index contributed by atoms with van der Waals surface area (Å²) in [5, 5.41) is 12.9. The van der Waals surface area contributed by atoms with Crippen molar-refractivity contribution in [2.75, 3.05) is 13.2 Å². The van der Waals surface area contributed by atoms with Crippen LogP contribution in [0.4, 0.5) is 0 Å². The van der Waals surface area contributed by atoms with Gasteiger partial charge >= 0.3 is 0 Å². The van der Waals surface area contributed by atoms with Gasteiger partial charge in [-0.25, -0.2) is 0 Å². The van der Waals surface area contributed by atoms with E-state index in [9.17, 15) is 0 Å². The molecule has 2 rings (SSSR count). The van der Waals surface area contributed by atoms with Gasteiger partial charge in [0.1, 0.15) is 11.5 Å². The van der Waals surface area contributed by atoms with E-state index in [4.69, 9.17) is 33.0 Å². The van der Waals surface area contributed by atoms with E-state index in [0.717, 1.165) is 5.56 Å². The highest BCUT2D eigenvalue weighted by molar-refractivity contribution is 6.35. The number of benzene rings is 2. The summed E-state index contributed by atoms with van der Waals surface area (Å²) in [5.74, 6) is 1.28. The molecule has 0 atom stereocenters. The van der Waals surface area contributed by atoms with Crippen LogP contribution in [0.3, 0.4) is 0 Å². The summed E-state index contributed by atoms with van der Waals surface area (Å²) in [6.45, 7) is 1.43. The fourth-order valence-electron chi connectivity index (χ4n) is 1.67. The SMILES string of the molecule is OCCNCc1ccc(Oc2ccc(Cl)cc2Cl)cc1. The van der Waals surface area contributed by atoms with Crippen LogP contribution in [0.15, 0.2) is 42.5 Å². The first-order chi connectivity index (χ1) is 9.69. The predicted molar refractivity (Wildman–Crippen MR) is 81.8 cm³/mol. The minimum Gasteiger partial charge on any atom is -0.456 e. The van der Waals surface area contributed by atoms with Crippen molar-refractivity contribution < 1.29 is 9.84 Å². The monoisotopic (exact) mass is 311 g/mol. The number of hydrogen-bond donors (Lipinski definition) is 2. The molecule has 106 valence electrons. The summed E-state index contributed by atoms with van der Waals surface area (Å²) in [5.41, 5.74) is 1.12. The molecule has 0 saturated heterocycles. The van der Waals surface area contributed by atoms with Gasteiger partial charge < -0.3 is 15.2 Å². The molecule has 0 aromatic heterocycles. The lowest BCUT2D eigenvalue weighted by Gasteiger charge is -2.09. The Bertz CT molecular complexity index is 558. The van der Waals surface area contributed by atoms with E-state index in [-0.39, 0.29) is 6.61 Å². The van der Waals surface area contributed by atoms with Crippen LogP contribution in [0.5, 0.6) is 11.5 Å². The predicted octanol–water partition coefficient (Wildman–Crippen LogP) is 3.87. The Morgan fingerprint density at radius 2 is 1.80 bits per heavy atom. The molecular formula is C15H15Cl2NO2. The Kier molecular flexibility index (Phi) is 5.68. The first-order valence-corrected chi connectivity index (χ1v) is 6.98. The van der Waals surface area contributed by atoms with E-state index < -0.39 is 0 Å². The molecule has 2 aromatic rings. The maximum absolute atomic E-state index is 8.69. The Labute approximate surface area is 128 Å². The third-order valence-corrected chi connectivity index (χ3v) is 3.19. The van der Waals surface area contributed by atoms with E-state index >= 15 is 0 Å². The average Bonchev–Trinajstić information content (AvgIpc) is 2.44. The van der Waals surface area contributed by atoms with Gasteiger partial charge in [0, 0.05) is 18.1 Å². The second-order valence-corrected chi connectivity index (χ2v) is 5.06. The van der Waals surface area contributed by atoms with Gasteiger partial charge in [-0.1, -0.05) is 35.3 Å². The normalized spacial score (nSPS) is 10.6. The van der Waals surface area contributed by atoms with Gasteiger partial charge in [0.2, 0.25) is 0 Å². The molecule has 0 saturated carbocycles. The molecule has 0 spiro atoms. The molecule has 0 bridgehead atoms. The number of nitrogens with one attached hydrogen (secondary N) is 1. The average molecular weight is 312 g/mol. The third-order valence-electron chi connectivity index (χ3n) is 2.66. The first-order valence-electron chi connectivity index (χ1n) is 6.22. The van der Waals surface area contributed by atoms with Crippen LogP contribution in [-0.2, 0) is 6.54 Å². The zero-order valence-electron chi connectivity index (χ0n) is 10.8. The zero-order chi connectivity index (χ0) is 14.4. The highest BCUT2D eigenvalue weighted by atomic mass is 35.5. The van der Waals surface area contributed by atoms with Crippen LogP contribution in [-0.4, -0.2) is 18.3 Å². The van der Waals surface area contributed by atoms with Crippen LogP contribution in [0.1, 0.15) is 5.56 Å². The molecule has 0 amide bonds. The second-order valence-electron chi connectivity index (χ2n) is 4.22. The van der Waals surface area contributed by atoms with Crippen molar-refractivity contribution in [3.05, 3.63) is 58.1 Å². The van der Waals surface area contributed by atoms with Crippen LogP contribution in [0.2, 0.25) is 10.0 Å². The number of halogens is 2. The molecule has 0 heterocycles. The zero-order valence-corrected chi connectivity index (χ0v) is 12.3. The van der Waals surface area contributed by atoms with Gasteiger partial charge in [0.15, 0.2) is 0 Å². The van der Waals surface area contributed by atoms with E-state index in [2.05, 4.69) is 5.32 Å². The Morgan fingerprint density at radius 3 is 2.45 bits per heavy atom. The highest BCUT2D eigenvalue weighted by Crippen LogP contribution is 2.31. The van der Waals surface area contributed by atoms with Gasteiger partial charge in [0.25, 0.3) is 0 Å². The van der Waals surface area contributed by atoms with E-state index in [1.54, 1.807) is 18.2 Å². The highest BCUT2D eigenvalue weighted by Gasteiger charge is 2.04. The Morgan fingerprint density at radius 1 is 1.05 bits per heavy atom. The van der Waals surface area contributed by atoms with Crippen molar-refractivity contribution in [1.29, 1.82) is 0 Å². The number of hydrogen-bond acceptors (Lipinski definition) is 3. The topological polar surface area (TPSA) is 41.5 Å². The summed E-state index contributed by atoms with van der Waals surface area (Å²) < 4.78 is 5.69. The summed E-state index contributed by atoms with van der Waals surface area (Å²) in [6, 6.07) is 12.8. The molecule has 0 aliphatic carbocycles. The molecular weight excluding hydrogens is 297 g/mol. The molecule has 20 heavy (non-hydrogen) atoms.